The average Bonchev–Trinajstić information content (AvgIpc) is 2.84. The summed E-state index contributed by atoms with van der Waals surface area (Å²) in [6.07, 6.45) is 0.714. The van der Waals surface area contributed by atoms with E-state index in [9.17, 15) is 0 Å². The van der Waals surface area contributed by atoms with Gasteiger partial charge in [-0.05, 0) is 28.5 Å². The summed E-state index contributed by atoms with van der Waals surface area (Å²) in [5.41, 5.74) is 9.01. The molecule has 0 spiro atoms. The maximum absolute atomic E-state index is 6.21. The Morgan fingerprint density at radius 3 is 2.43 bits per heavy atom. The van der Waals surface area contributed by atoms with Crippen LogP contribution < -0.4 is 5.73 Å². The summed E-state index contributed by atoms with van der Waals surface area (Å²) in [6, 6.07) is 22.7. The second-order valence-electron chi connectivity index (χ2n) is 5.29. The second-order valence-corrected chi connectivity index (χ2v) is 5.29. The van der Waals surface area contributed by atoms with Crippen molar-refractivity contribution in [3.8, 4) is 0 Å². The summed E-state index contributed by atoms with van der Waals surface area (Å²) < 4.78 is 5.89. The van der Waals surface area contributed by atoms with Crippen LogP contribution in [0.2, 0.25) is 0 Å². The molecule has 1 heterocycles. The van der Waals surface area contributed by atoms with Crippen LogP contribution in [0, 0.1) is 0 Å². The molecule has 0 aliphatic heterocycles. The van der Waals surface area contributed by atoms with Crippen LogP contribution in [0.3, 0.4) is 0 Å². The zero-order chi connectivity index (χ0) is 14.2. The number of hydrogen-bond acceptors (Lipinski definition) is 2. The first-order valence-corrected chi connectivity index (χ1v) is 7.05. The molecule has 0 bridgehead atoms. The van der Waals surface area contributed by atoms with Crippen molar-refractivity contribution in [1.82, 2.24) is 0 Å². The lowest BCUT2D eigenvalue weighted by atomic mass is 10.0. The van der Waals surface area contributed by atoms with Crippen molar-refractivity contribution in [3.63, 3.8) is 0 Å². The van der Waals surface area contributed by atoms with E-state index >= 15 is 0 Å². The first-order valence-electron chi connectivity index (χ1n) is 7.05. The molecule has 2 N–H and O–H groups in total. The van der Waals surface area contributed by atoms with Crippen molar-refractivity contribution >= 4 is 27.4 Å². The van der Waals surface area contributed by atoms with Crippen LogP contribution in [-0.2, 0) is 6.42 Å². The Balaban J connectivity index is 1.77. The first kappa shape index (κ1) is 12.0. The largest absolute Gasteiger partial charge is 0.458 e. The third kappa shape index (κ3) is 2.05. The Kier molecular flexibility index (Phi) is 2.68. The lowest BCUT2D eigenvalue weighted by Crippen LogP contribution is -1.92. The molecule has 1 aromatic heterocycles. The number of furan rings is 1. The van der Waals surface area contributed by atoms with Gasteiger partial charge < -0.3 is 10.2 Å². The third-order valence-corrected chi connectivity index (χ3v) is 3.89. The molecule has 0 radical (unpaired) electrons. The van der Waals surface area contributed by atoms with Gasteiger partial charge in [-0.3, -0.25) is 0 Å². The number of nitrogen functional groups attached to an aromatic ring is 1. The number of fused-ring (bicyclic) bond motifs is 2. The molecular formula is C19H15NO. The van der Waals surface area contributed by atoms with Crippen LogP contribution in [0.4, 0.5) is 5.69 Å². The van der Waals surface area contributed by atoms with Gasteiger partial charge in [-0.15, -0.1) is 0 Å². The third-order valence-electron chi connectivity index (χ3n) is 3.89. The Hall–Kier alpha value is -2.74. The minimum absolute atomic E-state index is 0.714. The molecule has 0 saturated heterocycles. The molecule has 0 aliphatic rings. The van der Waals surface area contributed by atoms with Gasteiger partial charge in [0, 0.05) is 11.8 Å². The highest BCUT2D eigenvalue weighted by Crippen LogP contribution is 2.30. The quantitative estimate of drug-likeness (QED) is 0.572. The Bertz CT molecular complexity index is 937. The van der Waals surface area contributed by atoms with Gasteiger partial charge in [0.2, 0.25) is 0 Å². The van der Waals surface area contributed by atoms with E-state index in [0.717, 1.165) is 22.4 Å². The molecule has 4 aromatic rings. The van der Waals surface area contributed by atoms with Crippen molar-refractivity contribution in [1.29, 1.82) is 0 Å². The summed E-state index contributed by atoms with van der Waals surface area (Å²) >= 11 is 0. The molecule has 21 heavy (non-hydrogen) atoms. The molecule has 4 rings (SSSR count). The molecule has 0 unspecified atom stereocenters. The zero-order valence-corrected chi connectivity index (χ0v) is 11.5. The summed E-state index contributed by atoms with van der Waals surface area (Å²) in [5.74, 6) is 0.839. The van der Waals surface area contributed by atoms with E-state index in [1.807, 2.05) is 24.3 Å². The minimum atomic E-state index is 0.714. The zero-order valence-electron chi connectivity index (χ0n) is 11.5. The van der Waals surface area contributed by atoms with E-state index in [1.54, 1.807) is 0 Å². The van der Waals surface area contributed by atoms with Gasteiger partial charge in [0.1, 0.15) is 11.3 Å². The maximum Gasteiger partial charge on any atom is 0.136 e. The van der Waals surface area contributed by atoms with E-state index in [2.05, 4.69) is 42.5 Å². The molecule has 0 aliphatic carbocycles. The minimum Gasteiger partial charge on any atom is -0.458 e. The van der Waals surface area contributed by atoms with Gasteiger partial charge >= 0.3 is 0 Å². The highest BCUT2D eigenvalue weighted by atomic mass is 16.3. The fourth-order valence-electron chi connectivity index (χ4n) is 2.78. The molecule has 0 atom stereocenters. The van der Waals surface area contributed by atoms with E-state index in [1.165, 1.54) is 16.3 Å². The highest BCUT2D eigenvalue weighted by Gasteiger charge is 2.11. The molecule has 3 aromatic carbocycles. The van der Waals surface area contributed by atoms with E-state index in [0.29, 0.717) is 6.42 Å². The SMILES string of the molecule is Nc1c(Cc2ccc3ccccc3c2)oc2ccccc12. The number of anilines is 1. The summed E-state index contributed by atoms with van der Waals surface area (Å²) in [4.78, 5) is 0. The van der Waals surface area contributed by atoms with Crippen molar-refractivity contribution in [2.75, 3.05) is 5.73 Å². The van der Waals surface area contributed by atoms with Gasteiger partial charge in [-0.25, -0.2) is 0 Å². The second kappa shape index (κ2) is 4.67. The monoisotopic (exact) mass is 273 g/mol. The summed E-state index contributed by atoms with van der Waals surface area (Å²) in [5, 5.41) is 3.48. The molecule has 2 heteroatoms. The number of benzene rings is 3. The lowest BCUT2D eigenvalue weighted by molar-refractivity contribution is 0.565. The summed E-state index contributed by atoms with van der Waals surface area (Å²) in [6.45, 7) is 0. The Morgan fingerprint density at radius 1 is 0.810 bits per heavy atom. The highest BCUT2D eigenvalue weighted by molar-refractivity contribution is 5.91. The average molecular weight is 273 g/mol. The predicted octanol–water partition coefficient (Wildman–Crippen LogP) is 4.76. The molecule has 0 saturated carbocycles. The van der Waals surface area contributed by atoms with Crippen LogP contribution in [0.25, 0.3) is 21.7 Å². The van der Waals surface area contributed by atoms with Crippen molar-refractivity contribution in [2.45, 2.75) is 6.42 Å². The van der Waals surface area contributed by atoms with Crippen LogP contribution in [0.1, 0.15) is 11.3 Å². The van der Waals surface area contributed by atoms with E-state index in [-0.39, 0.29) is 0 Å². The molecule has 102 valence electrons. The van der Waals surface area contributed by atoms with Gasteiger partial charge in [-0.1, -0.05) is 54.6 Å². The van der Waals surface area contributed by atoms with Crippen LogP contribution >= 0.6 is 0 Å². The van der Waals surface area contributed by atoms with Gasteiger partial charge in [0.05, 0.1) is 5.69 Å². The standard InChI is InChI=1S/C19H15NO/c20-19-16-7-3-4-8-17(16)21-18(19)12-13-9-10-14-5-1-2-6-15(14)11-13/h1-11H,12,20H2. The number of para-hydroxylation sites is 1. The van der Waals surface area contributed by atoms with Crippen LogP contribution in [0.15, 0.2) is 71.1 Å². The number of rotatable bonds is 2. The van der Waals surface area contributed by atoms with Crippen LogP contribution in [0.5, 0.6) is 0 Å². The maximum atomic E-state index is 6.21. The predicted molar refractivity (Wildman–Crippen MR) is 87.4 cm³/mol. The normalized spacial score (nSPS) is 11.2. The fraction of sp³-hybridized carbons (Fsp3) is 0.0526. The number of hydrogen-bond donors (Lipinski definition) is 1. The molecule has 2 nitrogen and oxygen atoms in total. The van der Waals surface area contributed by atoms with Crippen molar-refractivity contribution in [2.24, 2.45) is 0 Å². The van der Waals surface area contributed by atoms with E-state index < -0.39 is 0 Å². The van der Waals surface area contributed by atoms with Crippen molar-refractivity contribution < 1.29 is 4.42 Å². The van der Waals surface area contributed by atoms with Gasteiger partial charge in [0.15, 0.2) is 0 Å². The summed E-state index contributed by atoms with van der Waals surface area (Å²) in [7, 11) is 0. The van der Waals surface area contributed by atoms with Gasteiger partial charge in [-0.2, -0.15) is 0 Å². The smallest absolute Gasteiger partial charge is 0.136 e. The lowest BCUT2D eigenvalue weighted by Gasteiger charge is -2.03. The van der Waals surface area contributed by atoms with Crippen LogP contribution in [-0.4, -0.2) is 0 Å². The van der Waals surface area contributed by atoms with E-state index in [4.69, 9.17) is 10.2 Å². The Morgan fingerprint density at radius 2 is 1.57 bits per heavy atom. The molecular weight excluding hydrogens is 258 g/mol. The Labute approximate surface area is 122 Å². The topological polar surface area (TPSA) is 39.2 Å². The van der Waals surface area contributed by atoms with Gasteiger partial charge in [0.25, 0.3) is 0 Å². The molecule has 0 fully saturated rings. The first-order chi connectivity index (χ1) is 10.3. The number of nitrogens with two attached hydrogens (primary N) is 1. The fourth-order valence-corrected chi connectivity index (χ4v) is 2.78. The molecule has 0 amide bonds. The van der Waals surface area contributed by atoms with Crippen molar-refractivity contribution in [3.05, 3.63) is 78.1 Å².